The predicted molar refractivity (Wildman–Crippen MR) is 97.5 cm³/mol. The van der Waals surface area contributed by atoms with Gasteiger partial charge in [0.05, 0.1) is 5.56 Å². The normalized spacial score (nSPS) is 10.3. The number of aryl methyl sites for hydroxylation is 2. The molecule has 0 spiro atoms. The summed E-state index contributed by atoms with van der Waals surface area (Å²) in [6.45, 7) is 4.54. The van der Waals surface area contributed by atoms with Crippen LogP contribution in [0.4, 0.5) is 11.6 Å². The second-order valence-corrected chi connectivity index (χ2v) is 5.78. The van der Waals surface area contributed by atoms with Crippen molar-refractivity contribution in [3.63, 3.8) is 0 Å². The topological polar surface area (TPSA) is 79.8 Å². The number of rotatable bonds is 5. The molecule has 25 heavy (non-hydrogen) atoms. The Hall–Kier alpha value is -3.28. The molecule has 2 heterocycles. The molecule has 2 N–H and O–H groups in total. The molecule has 0 saturated carbocycles. The third-order valence-corrected chi connectivity index (χ3v) is 3.76. The van der Waals surface area contributed by atoms with E-state index < -0.39 is 0 Å². The standard InChI is InChI=1S/C19H19N5O/c1-13-3-4-14(2)17(9-13)24-18(25)16-11-22-19(23-12-16)21-10-15-5-7-20-8-6-15/h3-9,11-12H,10H2,1-2H3,(H,24,25)(H,21,22,23). The van der Waals surface area contributed by atoms with E-state index in [1.807, 2.05) is 44.2 Å². The lowest BCUT2D eigenvalue weighted by Crippen LogP contribution is -2.14. The fourth-order valence-electron chi connectivity index (χ4n) is 2.28. The van der Waals surface area contributed by atoms with Crippen LogP contribution in [0.3, 0.4) is 0 Å². The first kappa shape index (κ1) is 16.6. The van der Waals surface area contributed by atoms with E-state index in [1.165, 1.54) is 12.4 Å². The summed E-state index contributed by atoms with van der Waals surface area (Å²) in [6.07, 6.45) is 6.50. The van der Waals surface area contributed by atoms with E-state index in [0.717, 1.165) is 22.4 Å². The Balaban J connectivity index is 1.63. The maximum absolute atomic E-state index is 12.3. The minimum absolute atomic E-state index is 0.227. The quantitative estimate of drug-likeness (QED) is 0.748. The highest BCUT2D eigenvalue weighted by Gasteiger charge is 2.09. The van der Waals surface area contributed by atoms with E-state index in [9.17, 15) is 4.79 Å². The summed E-state index contributed by atoms with van der Waals surface area (Å²) in [5.41, 5.74) is 4.39. The van der Waals surface area contributed by atoms with Gasteiger partial charge in [0.25, 0.3) is 5.91 Å². The Labute approximate surface area is 146 Å². The predicted octanol–water partition coefficient (Wildman–Crippen LogP) is 3.35. The molecule has 1 aromatic carbocycles. The molecular weight excluding hydrogens is 314 g/mol. The summed E-state index contributed by atoms with van der Waals surface area (Å²) in [5, 5.41) is 6.01. The Bertz CT molecular complexity index is 863. The Morgan fingerprint density at radius 1 is 1.04 bits per heavy atom. The van der Waals surface area contributed by atoms with Crippen molar-refractivity contribution in [1.82, 2.24) is 15.0 Å². The molecule has 6 heteroatoms. The highest BCUT2D eigenvalue weighted by molar-refractivity contribution is 6.04. The number of pyridine rings is 1. The molecule has 0 aliphatic rings. The lowest BCUT2D eigenvalue weighted by atomic mass is 10.1. The Kier molecular flexibility index (Phi) is 4.99. The van der Waals surface area contributed by atoms with Gasteiger partial charge in [-0.1, -0.05) is 12.1 Å². The smallest absolute Gasteiger partial charge is 0.258 e. The zero-order valence-corrected chi connectivity index (χ0v) is 14.2. The average molecular weight is 333 g/mol. The molecule has 3 aromatic rings. The van der Waals surface area contributed by atoms with Crippen molar-refractivity contribution >= 4 is 17.5 Å². The number of benzene rings is 1. The zero-order chi connectivity index (χ0) is 17.6. The third kappa shape index (κ3) is 4.38. The first-order chi connectivity index (χ1) is 12.1. The third-order valence-electron chi connectivity index (χ3n) is 3.76. The lowest BCUT2D eigenvalue weighted by molar-refractivity contribution is 0.102. The molecule has 6 nitrogen and oxygen atoms in total. The van der Waals surface area contributed by atoms with Crippen molar-refractivity contribution in [2.75, 3.05) is 10.6 Å². The van der Waals surface area contributed by atoms with Gasteiger partial charge in [-0.2, -0.15) is 0 Å². The van der Waals surface area contributed by atoms with Gasteiger partial charge >= 0.3 is 0 Å². The highest BCUT2D eigenvalue weighted by atomic mass is 16.1. The van der Waals surface area contributed by atoms with Crippen LogP contribution >= 0.6 is 0 Å². The Morgan fingerprint density at radius 2 is 1.76 bits per heavy atom. The van der Waals surface area contributed by atoms with E-state index in [4.69, 9.17) is 0 Å². The molecule has 3 rings (SSSR count). The van der Waals surface area contributed by atoms with Gasteiger partial charge in [0.1, 0.15) is 0 Å². The number of amides is 1. The summed E-state index contributed by atoms with van der Waals surface area (Å²) in [7, 11) is 0. The van der Waals surface area contributed by atoms with Crippen molar-refractivity contribution in [3.05, 3.63) is 77.4 Å². The van der Waals surface area contributed by atoms with Gasteiger partial charge in [-0.3, -0.25) is 9.78 Å². The van der Waals surface area contributed by atoms with Crippen LogP contribution in [-0.4, -0.2) is 20.9 Å². The molecule has 0 radical (unpaired) electrons. The molecule has 0 saturated heterocycles. The van der Waals surface area contributed by atoms with Crippen LogP contribution in [0, 0.1) is 13.8 Å². The molecule has 0 aliphatic heterocycles. The van der Waals surface area contributed by atoms with E-state index >= 15 is 0 Å². The fourth-order valence-corrected chi connectivity index (χ4v) is 2.28. The number of nitrogens with one attached hydrogen (secondary N) is 2. The van der Waals surface area contributed by atoms with E-state index in [2.05, 4.69) is 25.6 Å². The Morgan fingerprint density at radius 3 is 2.48 bits per heavy atom. The minimum atomic E-state index is -0.227. The van der Waals surface area contributed by atoms with Crippen molar-refractivity contribution in [2.24, 2.45) is 0 Å². The number of carbonyl (C=O) groups is 1. The van der Waals surface area contributed by atoms with Crippen molar-refractivity contribution in [3.8, 4) is 0 Å². The monoisotopic (exact) mass is 333 g/mol. The lowest BCUT2D eigenvalue weighted by Gasteiger charge is -2.09. The first-order valence-electron chi connectivity index (χ1n) is 7.95. The van der Waals surface area contributed by atoms with Crippen molar-refractivity contribution in [2.45, 2.75) is 20.4 Å². The summed E-state index contributed by atoms with van der Waals surface area (Å²) in [5.74, 6) is 0.245. The maximum Gasteiger partial charge on any atom is 0.258 e. The summed E-state index contributed by atoms with van der Waals surface area (Å²) in [4.78, 5) is 24.7. The molecular formula is C19H19N5O. The second-order valence-electron chi connectivity index (χ2n) is 5.78. The summed E-state index contributed by atoms with van der Waals surface area (Å²) in [6, 6.07) is 9.77. The molecule has 2 aromatic heterocycles. The van der Waals surface area contributed by atoms with Crippen LogP contribution in [-0.2, 0) is 6.54 Å². The molecule has 0 atom stereocenters. The van der Waals surface area contributed by atoms with E-state index in [0.29, 0.717) is 18.1 Å². The van der Waals surface area contributed by atoms with Crippen LogP contribution in [0.2, 0.25) is 0 Å². The largest absolute Gasteiger partial charge is 0.350 e. The average Bonchev–Trinajstić information content (AvgIpc) is 2.64. The molecule has 1 amide bonds. The molecule has 0 aliphatic carbocycles. The van der Waals surface area contributed by atoms with Gasteiger partial charge in [0.15, 0.2) is 0 Å². The van der Waals surface area contributed by atoms with Crippen molar-refractivity contribution < 1.29 is 4.79 Å². The van der Waals surface area contributed by atoms with Gasteiger partial charge in [0.2, 0.25) is 5.95 Å². The van der Waals surface area contributed by atoms with Gasteiger partial charge in [-0.25, -0.2) is 9.97 Å². The number of carbonyl (C=O) groups excluding carboxylic acids is 1. The van der Waals surface area contributed by atoms with Crippen LogP contribution in [0.25, 0.3) is 0 Å². The first-order valence-corrected chi connectivity index (χ1v) is 7.95. The zero-order valence-electron chi connectivity index (χ0n) is 14.2. The minimum Gasteiger partial charge on any atom is -0.350 e. The molecule has 0 fully saturated rings. The van der Waals surface area contributed by atoms with Crippen molar-refractivity contribution in [1.29, 1.82) is 0 Å². The number of hydrogen-bond acceptors (Lipinski definition) is 5. The van der Waals surface area contributed by atoms with Crippen LogP contribution < -0.4 is 10.6 Å². The van der Waals surface area contributed by atoms with Gasteiger partial charge < -0.3 is 10.6 Å². The number of hydrogen-bond donors (Lipinski definition) is 2. The van der Waals surface area contributed by atoms with Gasteiger partial charge in [-0.15, -0.1) is 0 Å². The van der Waals surface area contributed by atoms with Crippen LogP contribution in [0.1, 0.15) is 27.0 Å². The van der Waals surface area contributed by atoms with E-state index in [-0.39, 0.29) is 5.91 Å². The van der Waals surface area contributed by atoms with E-state index in [1.54, 1.807) is 12.4 Å². The fraction of sp³-hybridized carbons (Fsp3) is 0.158. The molecule has 0 unspecified atom stereocenters. The number of anilines is 2. The van der Waals surface area contributed by atoms with Gasteiger partial charge in [-0.05, 0) is 48.7 Å². The van der Waals surface area contributed by atoms with Crippen LogP contribution in [0.15, 0.2) is 55.1 Å². The summed E-state index contributed by atoms with van der Waals surface area (Å²) < 4.78 is 0. The van der Waals surface area contributed by atoms with Crippen LogP contribution in [0.5, 0.6) is 0 Å². The second kappa shape index (κ2) is 7.53. The SMILES string of the molecule is Cc1ccc(C)c(NC(=O)c2cnc(NCc3ccncc3)nc2)c1. The molecule has 126 valence electrons. The summed E-state index contributed by atoms with van der Waals surface area (Å²) >= 11 is 0. The number of aromatic nitrogens is 3. The molecule has 0 bridgehead atoms. The maximum atomic E-state index is 12.3. The highest BCUT2D eigenvalue weighted by Crippen LogP contribution is 2.17. The number of nitrogens with zero attached hydrogens (tertiary/aromatic N) is 3. The van der Waals surface area contributed by atoms with Gasteiger partial charge in [0, 0.05) is 37.0 Å².